The van der Waals surface area contributed by atoms with Crippen LogP contribution in [0.3, 0.4) is 0 Å². The summed E-state index contributed by atoms with van der Waals surface area (Å²) in [5, 5.41) is 2.04. The summed E-state index contributed by atoms with van der Waals surface area (Å²) in [5.74, 6) is 0.115. The van der Waals surface area contributed by atoms with Crippen molar-refractivity contribution in [1.29, 1.82) is 0 Å². The van der Waals surface area contributed by atoms with Gasteiger partial charge >= 0.3 is 5.97 Å². The van der Waals surface area contributed by atoms with E-state index in [0.717, 1.165) is 22.2 Å². The van der Waals surface area contributed by atoms with Gasteiger partial charge in [0.05, 0.1) is 17.0 Å². The molecule has 0 unspecified atom stereocenters. The smallest absolute Gasteiger partial charge is 0.340 e. The van der Waals surface area contributed by atoms with Gasteiger partial charge in [0.25, 0.3) is 0 Å². The molecule has 0 aliphatic rings. The lowest BCUT2D eigenvalue weighted by molar-refractivity contribution is 0.0449. The Kier molecular flexibility index (Phi) is 7.19. The van der Waals surface area contributed by atoms with Gasteiger partial charge in [-0.05, 0) is 55.6 Å². The van der Waals surface area contributed by atoms with Crippen molar-refractivity contribution < 1.29 is 22.7 Å². The van der Waals surface area contributed by atoms with Gasteiger partial charge in [0.2, 0.25) is 10.0 Å². The van der Waals surface area contributed by atoms with Crippen molar-refractivity contribution in [3.05, 3.63) is 69.7 Å². The van der Waals surface area contributed by atoms with E-state index in [0.29, 0.717) is 11.3 Å². The summed E-state index contributed by atoms with van der Waals surface area (Å²) in [6.45, 7) is 4.87. The maximum absolute atomic E-state index is 12.5. The summed E-state index contributed by atoms with van der Waals surface area (Å²) in [6.07, 6.45) is 0. The number of rotatable bonds is 9. The van der Waals surface area contributed by atoms with Crippen LogP contribution in [0.2, 0.25) is 0 Å². The quantitative estimate of drug-likeness (QED) is 0.358. The van der Waals surface area contributed by atoms with Gasteiger partial charge in [0, 0.05) is 30.4 Å². The fourth-order valence-electron chi connectivity index (χ4n) is 3.10. The summed E-state index contributed by atoms with van der Waals surface area (Å²) < 4.78 is 38.3. The number of ether oxygens (including phenoxy) is 2. The van der Waals surface area contributed by atoms with Crippen LogP contribution in [0.1, 0.15) is 26.6 Å². The van der Waals surface area contributed by atoms with E-state index in [4.69, 9.17) is 9.47 Å². The zero-order valence-corrected chi connectivity index (χ0v) is 19.6. The van der Waals surface area contributed by atoms with Gasteiger partial charge in [0.1, 0.15) is 19.0 Å². The van der Waals surface area contributed by atoms with Crippen LogP contribution < -0.4 is 4.74 Å². The van der Waals surface area contributed by atoms with Gasteiger partial charge < -0.3 is 14.0 Å². The fourth-order valence-corrected chi connectivity index (χ4v) is 4.69. The number of aryl methyl sites for hydroxylation is 1. The van der Waals surface area contributed by atoms with Crippen molar-refractivity contribution in [3.63, 3.8) is 0 Å². The highest BCUT2D eigenvalue weighted by Gasteiger charge is 2.18. The van der Waals surface area contributed by atoms with Crippen LogP contribution in [0.4, 0.5) is 0 Å². The highest BCUT2D eigenvalue weighted by atomic mass is 32.2. The minimum Gasteiger partial charge on any atom is -0.490 e. The van der Waals surface area contributed by atoms with E-state index < -0.39 is 10.0 Å². The third-order valence-corrected chi connectivity index (χ3v) is 7.57. The Morgan fingerprint density at radius 1 is 1.10 bits per heavy atom. The standard InChI is InChI=1S/C22H26N2O5S2/c1-16-14-21(17(2)24(16)15-19-6-5-13-30-19)22(25)29-12-11-28-18-7-9-20(10-8-18)31(26,27)23(3)4/h5-10,13-14H,11-12,15H2,1-4H3. The van der Waals surface area contributed by atoms with E-state index in [9.17, 15) is 13.2 Å². The van der Waals surface area contributed by atoms with Crippen molar-refractivity contribution in [2.45, 2.75) is 25.3 Å². The molecule has 0 N–H and O–H groups in total. The number of benzene rings is 1. The molecule has 0 radical (unpaired) electrons. The molecule has 0 spiro atoms. The van der Waals surface area contributed by atoms with Crippen LogP contribution in [0.5, 0.6) is 5.75 Å². The van der Waals surface area contributed by atoms with Gasteiger partial charge in [-0.15, -0.1) is 11.3 Å². The highest BCUT2D eigenvalue weighted by Crippen LogP contribution is 2.21. The number of thiophene rings is 1. The normalized spacial score (nSPS) is 11.6. The van der Waals surface area contributed by atoms with Crippen molar-refractivity contribution in [1.82, 2.24) is 8.87 Å². The SMILES string of the molecule is Cc1cc(C(=O)OCCOc2ccc(S(=O)(=O)N(C)C)cc2)c(C)n1Cc1cccs1. The summed E-state index contributed by atoms with van der Waals surface area (Å²) in [6, 6.07) is 12.1. The molecule has 1 aromatic carbocycles. The summed E-state index contributed by atoms with van der Waals surface area (Å²) in [7, 11) is -0.516. The van der Waals surface area contributed by atoms with Crippen molar-refractivity contribution in [3.8, 4) is 5.75 Å². The maximum Gasteiger partial charge on any atom is 0.340 e. The molecule has 2 heterocycles. The minimum atomic E-state index is -3.48. The Hall–Kier alpha value is -2.62. The Balaban J connectivity index is 1.53. The summed E-state index contributed by atoms with van der Waals surface area (Å²) in [5.41, 5.74) is 2.42. The lowest BCUT2D eigenvalue weighted by Gasteiger charge is -2.12. The number of carbonyl (C=O) groups excluding carboxylic acids is 1. The van der Waals surface area contributed by atoms with Crippen molar-refractivity contribution in [2.24, 2.45) is 0 Å². The second-order valence-electron chi connectivity index (χ2n) is 7.19. The first kappa shape index (κ1) is 23.1. The number of sulfonamides is 1. The van der Waals surface area contributed by atoms with Crippen LogP contribution >= 0.6 is 11.3 Å². The Morgan fingerprint density at radius 3 is 2.42 bits per heavy atom. The molecule has 3 rings (SSSR count). The molecular formula is C22H26N2O5S2. The first-order chi connectivity index (χ1) is 14.7. The lowest BCUT2D eigenvalue weighted by Crippen LogP contribution is -2.22. The predicted octanol–water partition coefficient (Wildman–Crippen LogP) is 3.70. The van der Waals surface area contributed by atoms with Crippen molar-refractivity contribution >= 4 is 27.3 Å². The zero-order chi connectivity index (χ0) is 22.6. The molecule has 7 nitrogen and oxygen atoms in total. The molecule has 2 aromatic heterocycles. The van der Waals surface area contributed by atoms with Crippen LogP contribution in [-0.2, 0) is 21.3 Å². The molecule has 166 valence electrons. The Morgan fingerprint density at radius 2 is 1.81 bits per heavy atom. The molecule has 0 saturated heterocycles. The van der Waals surface area contributed by atoms with E-state index >= 15 is 0 Å². The maximum atomic E-state index is 12.5. The topological polar surface area (TPSA) is 77.8 Å². The van der Waals surface area contributed by atoms with E-state index in [1.54, 1.807) is 23.5 Å². The van der Waals surface area contributed by atoms with Gasteiger partial charge in [-0.25, -0.2) is 17.5 Å². The van der Waals surface area contributed by atoms with Crippen molar-refractivity contribution in [2.75, 3.05) is 27.3 Å². The average Bonchev–Trinajstić information content (AvgIpc) is 3.35. The molecule has 0 atom stereocenters. The molecule has 9 heteroatoms. The molecule has 0 saturated carbocycles. The average molecular weight is 463 g/mol. The molecule has 0 fully saturated rings. The Bertz CT molecular complexity index is 1130. The van der Waals surface area contributed by atoms with Crippen LogP contribution in [0.15, 0.2) is 52.7 Å². The molecule has 0 aliphatic heterocycles. The third-order valence-electron chi connectivity index (χ3n) is 4.88. The highest BCUT2D eigenvalue weighted by molar-refractivity contribution is 7.89. The number of esters is 1. The van der Waals surface area contributed by atoms with E-state index in [1.807, 2.05) is 31.4 Å². The first-order valence-electron chi connectivity index (χ1n) is 9.72. The van der Waals surface area contributed by atoms with Gasteiger partial charge in [0.15, 0.2) is 0 Å². The largest absolute Gasteiger partial charge is 0.490 e. The monoisotopic (exact) mass is 462 g/mol. The second-order valence-corrected chi connectivity index (χ2v) is 10.4. The molecular weight excluding hydrogens is 436 g/mol. The Labute approximate surface area is 186 Å². The van der Waals surface area contributed by atoms with Gasteiger partial charge in [-0.3, -0.25) is 0 Å². The first-order valence-corrected chi connectivity index (χ1v) is 12.0. The van der Waals surface area contributed by atoms with Gasteiger partial charge in [-0.2, -0.15) is 0 Å². The van der Waals surface area contributed by atoms with Gasteiger partial charge in [-0.1, -0.05) is 6.07 Å². The number of aromatic nitrogens is 1. The summed E-state index contributed by atoms with van der Waals surface area (Å²) >= 11 is 1.68. The van der Waals surface area contributed by atoms with Crippen LogP contribution in [0, 0.1) is 13.8 Å². The van der Waals surface area contributed by atoms with E-state index in [1.165, 1.54) is 31.1 Å². The minimum absolute atomic E-state index is 0.0885. The number of hydrogen-bond donors (Lipinski definition) is 0. The number of carbonyl (C=O) groups is 1. The predicted molar refractivity (Wildman–Crippen MR) is 120 cm³/mol. The summed E-state index contributed by atoms with van der Waals surface area (Å²) in [4.78, 5) is 13.9. The third kappa shape index (κ3) is 5.36. The second kappa shape index (κ2) is 9.67. The zero-order valence-electron chi connectivity index (χ0n) is 18.0. The van der Waals surface area contributed by atoms with E-state index in [-0.39, 0.29) is 24.1 Å². The fraction of sp³-hybridized carbons (Fsp3) is 0.318. The molecule has 0 aliphatic carbocycles. The van der Waals surface area contributed by atoms with E-state index in [2.05, 4.69) is 10.6 Å². The van der Waals surface area contributed by atoms with Crippen LogP contribution in [-0.4, -0.2) is 50.6 Å². The number of nitrogens with zero attached hydrogens (tertiary/aromatic N) is 2. The molecule has 3 aromatic rings. The molecule has 0 bridgehead atoms. The van der Waals surface area contributed by atoms with Crippen LogP contribution in [0.25, 0.3) is 0 Å². The lowest BCUT2D eigenvalue weighted by atomic mass is 10.2. The molecule has 31 heavy (non-hydrogen) atoms. The number of hydrogen-bond acceptors (Lipinski definition) is 6. The molecule has 0 amide bonds.